The van der Waals surface area contributed by atoms with Crippen LogP contribution in [0.25, 0.3) is 0 Å². The molecule has 2 aliphatic rings. The zero-order valence-corrected chi connectivity index (χ0v) is 9.68. The lowest BCUT2D eigenvalue weighted by atomic mass is 9.58. The maximum atomic E-state index is 3.56. The van der Waals surface area contributed by atoms with Crippen LogP contribution in [0.1, 0.15) is 30.9 Å². The van der Waals surface area contributed by atoms with E-state index in [0.717, 1.165) is 0 Å². The molecule has 0 bridgehead atoms. The van der Waals surface area contributed by atoms with Gasteiger partial charge in [-0.1, -0.05) is 34.5 Å². The number of nitrogens with one attached hydrogen (secondary N) is 1. The first-order valence-corrected chi connectivity index (χ1v) is 6.08. The molecule has 1 nitrogen and oxygen atoms in total. The van der Waals surface area contributed by atoms with Crippen molar-refractivity contribution in [2.45, 2.75) is 25.3 Å². The number of hydrogen-bond donors (Lipinski definition) is 1. The van der Waals surface area contributed by atoms with Gasteiger partial charge in [-0.15, -0.1) is 0 Å². The largest absolute Gasteiger partial charge is 0.309 e. The van der Waals surface area contributed by atoms with E-state index in [0.29, 0.717) is 11.5 Å². The molecule has 1 saturated carbocycles. The van der Waals surface area contributed by atoms with Crippen molar-refractivity contribution >= 4 is 15.9 Å². The quantitative estimate of drug-likeness (QED) is 0.808. The fourth-order valence-corrected chi connectivity index (χ4v) is 3.16. The molecule has 2 heteroatoms. The normalized spacial score (nSPS) is 28.2. The predicted molar refractivity (Wildman–Crippen MR) is 61.2 cm³/mol. The second-order valence-corrected chi connectivity index (χ2v) is 5.50. The van der Waals surface area contributed by atoms with Gasteiger partial charge in [-0.3, -0.25) is 0 Å². The highest BCUT2D eigenvalue weighted by Crippen LogP contribution is 2.55. The Bertz CT molecular complexity index is 352. The molecule has 1 saturated heterocycles. The average molecular weight is 252 g/mol. The molecule has 1 aliphatic heterocycles. The van der Waals surface area contributed by atoms with Gasteiger partial charge in [-0.05, 0) is 30.5 Å². The number of hydrogen-bond acceptors (Lipinski definition) is 1. The summed E-state index contributed by atoms with van der Waals surface area (Å²) >= 11 is 3.53. The van der Waals surface area contributed by atoms with E-state index in [4.69, 9.17) is 0 Å². The average Bonchev–Trinajstić information content (AvgIpc) is 1.99. The third-order valence-corrected chi connectivity index (χ3v) is 4.30. The first-order chi connectivity index (χ1) is 6.80. The standard InChI is InChI=1S/C12H14BrN/c13-10-4-1-3-9(7-10)11-12(8-14-11)5-2-6-12/h1,3-4,7,11,14H,2,5-6,8H2. The van der Waals surface area contributed by atoms with Crippen LogP contribution in [0.5, 0.6) is 0 Å². The Morgan fingerprint density at radius 1 is 1.36 bits per heavy atom. The van der Waals surface area contributed by atoms with Crippen LogP contribution in [-0.4, -0.2) is 6.54 Å². The van der Waals surface area contributed by atoms with Gasteiger partial charge in [0.05, 0.1) is 0 Å². The van der Waals surface area contributed by atoms with Crippen molar-refractivity contribution in [3.63, 3.8) is 0 Å². The number of rotatable bonds is 1. The summed E-state index contributed by atoms with van der Waals surface area (Å²) in [7, 11) is 0. The lowest BCUT2D eigenvalue weighted by Gasteiger charge is -2.57. The topological polar surface area (TPSA) is 12.0 Å². The lowest BCUT2D eigenvalue weighted by Crippen LogP contribution is -2.59. The molecule has 1 heterocycles. The summed E-state index contributed by atoms with van der Waals surface area (Å²) in [6, 6.07) is 9.33. The van der Waals surface area contributed by atoms with Crippen LogP contribution in [0.3, 0.4) is 0 Å². The summed E-state index contributed by atoms with van der Waals surface area (Å²) in [6.45, 7) is 1.23. The van der Waals surface area contributed by atoms with E-state index in [1.165, 1.54) is 35.8 Å². The molecule has 1 aliphatic carbocycles. The van der Waals surface area contributed by atoms with E-state index < -0.39 is 0 Å². The van der Waals surface area contributed by atoms with E-state index in [1.807, 2.05) is 0 Å². The SMILES string of the molecule is Brc1cccc(C2NCC23CCC3)c1. The first-order valence-electron chi connectivity index (χ1n) is 5.29. The number of benzene rings is 1. The van der Waals surface area contributed by atoms with Crippen LogP contribution in [0.15, 0.2) is 28.7 Å². The molecule has 74 valence electrons. The summed E-state index contributed by atoms with van der Waals surface area (Å²) in [4.78, 5) is 0. The molecule has 1 unspecified atom stereocenters. The van der Waals surface area contributed by atoms with Gasteiger partial charge in [0, 0.05) is 22.5 Å². The zero-order chi connectivity index (χ0) is 9.60. The van der Waals surface area contributed by atoms with Gasteiger partial charge in [0.1, 0.15) is 0 Å². The maximum absolute atomic E-state index is 3.56. The van der Waals surface area contributed by atoms with E-state index >= 15 is 0 Å². The fourth-order valence-electron chi connectivity index (χ4n) is 2.75. The van der Waals surface area contributed by atoms with Crippen LogP contribution >= 0.6 is 15.9 Å². The van der Waals surface area contributed by atoms with E-state index in [2.05, 4.69) is 45.5 Å². The Morgan fingerprint density at radius 2 is 2.21 bits per heavy atom. The van der Waals surface area contributed by atoms with Gasteiger partial charge >= 0.3 is 0 Å². The number of halogens is 1. The van der Waals surface area contributed by atoms with Crippen molar-refractivity contribution in [2.24, 2.45) is 5.41 Å². The Balaban J connectivity index is 1.89. The van der Waals surface area contributed by atoms with Gasteiger partial charge in [-0.25, -0.2) is 0 Å². The van der Waals surface area contributed by atoms with Crippen LogP contribution in [0.4, 0.5) is 0 Å². The molecule has 1 N–H and O–H groups in total. The Morgan fingerprint density at radius 3 is 2.71 bits per heavy atom. The minimum atomic E-state index is 0.619. The summed E-state index contributed by atoms with van der Waals surface area (Å²) < 4.78 is 1.19. The van der Waals surface area contributed by atoms with Crippen molar-refractivity contribution in [1.29, 1.82) is 0 Å². The zero-order valence-electron chi connectivity index (χ0n) is 8.09. The summed E-state index contributed by atoms with van der Waals surface area (Å²) in [6.07, 6.45) is 4.25. The summed E-state index contributed by atoms with van der Waals surface area (Å²) in [5.74, 6) is 0. The summed E-state index contributed by atoms with van der Waals surface area (Å²) in [5, 5.41) is 3.56. The highest BCUT2D eigenvalue weighted by atomic mass is 79.9. The molecule has 2 fully saturated rings. The highest BCUT2D eigenvalue weighted by molar-refractivity contribution is 9.10. The molecule has 1 aromatic rings. The monoisotopic (exact) mass is 251 g/mol. The molecule has 0 aromatic heterocycles. The van der Waals surface area contributed by atoms with Crippen molar-refractivity contribution in [2.75, 3.05) is 6.54 Å². The van der Waals surface area contributed by atoms with Crippen LogP contribution in [0.2, 0.25) is 0 Å². The minimum Gasteiger partial charge on any atom is -0.309 e. The van der Waals surface area contributed by atoms with E-state index in [9.17, 15) is 0 Å². The predicted octanol–water partition coefficient (Wildman–Crippen LogP) is 3.26. The van der Waals surface area contributed by atoms with Crippen molar-refractivity contribution in [3.8, 4) is 0 Å². The third-order valence-electron chi connectivity index (χ3n) is 3.80. The van der Waals surface area contributed by atoms with E-state index in [-0.39, 0.29) is 0 Å². The molecular formula is C12H14BrN. The molecule has 1 atom stereocenters. The molecule has 1 aromatic carbocycles. The van der Waals surface area contributed by atoms with Crippen LogP contribution in [0, 0.1) is 5.41 Å². The van der Waals surface area contributed by atoms with Gasteiger partial charge in [0.15, 0.2) is 0 Å². The van der Waals surface area contributed by atoms with Gasteiger partial charge in [0.2, 0.25) is 0 Å². The van der Waals surface area contributed by atoms with E-state index in [1.54, 1.807) is 0 Å². The molecule has 0 amide bonds. The molecule has 14 heavy (non-hydrogen) atoms. The van der Waals surface area contributed by atoms with Gasteiger partial charge in [0.25, 0.3) is 0 Å². The summed E-state index contributed by atoms with van der Waals surface area (Å²) in [5.41, 5.74) is 2.08. The minimum absolute atomic E-state index is 0.619. The van der Waals surface area contributed by atoms with Gasteiger partial charge in [-0.2, -0.15) is 0 Å². The highest BCUT2D eigenvalue weighted by Gasteiger charge is 2.50. The smallest absolute Gasteiger partial charge is 0.0390 e. The Hall–Kier alpha value is -0.340. The van der Waals surface area contributed by atoms with Crippen molar-refractivity contribution < 1.29 is 0 Å². The van der Waals surface area contributed by atoms with Crippen molar-refractivity contribution in [1.82, 2.24) is 5.32 Å². The molecule has 1 spiro atoms. The first kappa shape index (κ1) is 8.93. The van der Waals surface area contributed by atoms with Crippen molar-refractivity contribution in [3.05, 3.63) is 34.3 Å². The second-order valence-electron chi connectivity index (χ2n) is 4.58. The molecule has 0 radical (unpaired) electrons. The van der Waals surface area contributed by atoms with Crippen LogP contribution < -0.4 is 5.32 Å². The van der Waals surface area contributed by atoms with Crippen LogP contribution in [-0.2, 0) is 0 Å². The third kappa shape index (κ3) is 1.17. The Labute approximate surface area is 93.0 Å². The lowest BCUT2D eigenvalue weighted by molar-refractivity contribution is -0.00567. The fraction of sp³-hybridized carbons (Fsp3) is 0.500. The molecular weight excluding hydrogens is 238 g/mol. The molecule has 3 rings (SSSR count). The Kier molecular flexibility index (Phi) is 1.96. The van der Waals surface area contributed by atoms with Gasteiger partial charge < -0.3 is 5.32 Å². The maximum Gasteiger partial charge on any atom is 0.0390 e. The second kappa shape index (κ2) is 3.07.